The third kappa shape index (κ3) is 5.89. The van der Waals surface area contributed by atoms with Gasteiger partial charge in [0.15, 0.2) is 0 Å². The number of hydrazine groups is 1. The molecule has 136 valence electrons. The van der Waals surface area contributed by atoms with E-state index in [1.807, 2.05) is 18.2 Å². The van der Waals surface area contributed by atoms with Crippen LogP contribution in [0.1, 0.15) is 35.7 Å². The van der Waals surface area contributed by atoms with Crippen LogP contribution < -0.4 is 16.2 Å². The van der Waals surface area contributed by atoms with E-state index in [2.05, 4.69) is 16.2 Å². The van der Waals surface area contributed by atoms with Crippen molar-refractivity contribution in [1.29, 1.82) is 0 Å². The van der Waals surface area contributed by atoms with Crippen molar-refractivity contribution < 1.29 is 14.4 Å². The van der Waals surface area contributed by atoms with E-state index >= 15 is 0 Å². The van der Waals surface area contributed by atoms with Gasteiger partial charge in [0.2, 0.25) is 11.8 Å². The minimum Gasteiger partial charge on any atom is -0.326 e. The fourth-order valence-corrected chi connectivity index (χ4v) is 2.40. The first-order chi connectivity index (χ1) is 12.5. The van der Waals surface area contributed by atoms with Gasteiger partial charge in [0.25, 0.3) is 5.91 Å². The van der Waals surface area contributed by atoms with Gasteiger partial charge in [-0.2, -0.15) is 0 Å². The van der Waals surface area contributed by atoms with Gasteiger partial charge in [0, 0.05) is 29.1 Å². The summed E-state index contributed by atoms with van der Waals surface area (Å²) in [7, 11) is 0. The number of rotatable bonds is 6. The molecule has 26 heavy (non-hydrogen) atoms. The maximum absolute atomic E-state index is 12.0. The largest absolute Gasteiger partial charge is 0.326 e. The zero-order valence-corrected chi connectivity index (χ0v) is 15.1. The number of nitrogens with one attached hydrogen (secondary N) is 3. The number of carbonyl (C=O) groups excluding carboxylic acids is 3. The summed E-state index contributed by atoms with van der Waals surface area (Å²) in [6.45, 7) is 1.76. The Morgan fingerprint density at radius 3 is 2.27 bits per heavy atom. The van der Waals surface area contributed by atoms with Crippen LogP contribution in [-0.2, 0) is 16.0 Å². The number of halogens is 1. The van der Waals surface area contributed by atoms with Crippen LogP contribution in [0.2, 0.25) is 5.02 Å². The van der Waals surface area contributed by atoms with E-state index < -0.39 is 5.91 Å². The molecule has 0 aliphatic rings. The molecular weight excluding hydrogens is 354 g/mol. The molecule has 0 aliphatic carbocycles. The minimum absolute atomic E-state index is 0.104. The highest BCUT2D eigenvalue weighted by Crippen LogP contribution is 2.16. The zero-order chi connectivity index (χ0) is 18.9. The Bertz CT molecular complexity index is 791. The highest BCUT2D eigenvalue weighted by atomic mass is 35.5. The monoisotopic (exact) mass is 373 g/mol. The molecule has 7 heteroatoms. The maximum atomic E-state index is 12.0. The number of benzene rings is 2. The summed E-state index contributed by atoms with van der Waals surface area (Å²) in [4.78, 5) is 35.2. The topological polar surface area (TPSA) is 87.3 Å². The molecule has 0 atom stereocenters. The number of hydrogen-bond acceptors (Lipinski definition) is 3. The van der Waals surface area contributed by atoms with Crippen molar-refractivity contribution in [3.05, 3.63) is 64.7 Å². The molecule has 6 nitrogen and oxygen atoms in total. The van der Waals surface area contributed by atoms with Crippen molar-refractivity contribution in [2.75, 3.05) is 5.32 Å². The van der Waals surface area contributed by atoms with E-state index in [1.54, 1.807) is 37.3 Å². The van der Waals surface area contributed by atoms with Gasteiger partial charge in [-0.15, -0.1) is 0 Å². The molecule has 2 aromatic rings. The minimum atomic E-state index is -0.440. The second kappa shape index (κ2) is 9.58. The molecular formula is C19H20ClN3O3. The van der Waals surface area contributed by atoms with E-state index in [0.717, 1.165) is 5.56 Å². The quantitative estimate of drug-likeness (QED) is 0.680. The van der Waals surface area contributed by atoms with Crippen LogP contribution >= 0.6 is 11.6 Å². The van der Waals surface area contributed by atoms with Crippen LogP contribution in [0.3, 0.4) is 0 Å². The molecule has 0 spiro atoms. The van der Waals surface area contributed by atoms with Crippen molar-refractivity contribution in [2.45, 2.75) is 26.2 Å². The average Bonchev–Trinajstić information content (AvgIpc) is 2.66. The number of hydrogen-bond donors (Lipinski definition) is 3. The molecule has 0 fully saturated rings. The lowest BCUT2D eigenvalue weighted by Crippen LogP contribution is -2.41. The van der Waals surface area contributed by atoms with E-state index in [0.29, 0.717) is 29.1 Å². The zero-order valence-electron chi connectivity index (χ0n) is 14.3. The molecule has 0 unspecified atom stereocenters. The number of anilines is 1. The number of carbonyl (C=O) groups is 3. The van der Waals surface area contributed by atoms with Crippen LogP contribution in [0.15, 0.2) is 48.5 Å². The number of amides is 3. The van der Waals surface area contributed by atoms with Gasteiger partial charge in [-0.3, -0.25) is 25.2 Å². The summed E-state index contributed by atoms with van der Waals surface area (Å²) in [5.41, 5.74) is 6.59. The Labute approximate surface area is 156 Å². The van der Waals surface area contributed by atoms with Gasteiger partial charge in [-0.25, -0.2) is 0 Å². The second-order valence-corrected chi connectivity index (χ2v) is 5.98. The lowest BCUT2D eigenvalue weighted by Gasteiger charge is -2.09. The van der Waals surface area contributed by atoms with Gasteiger partial charge < -0.3 is 5.32 Å². The summed E-state index contributed by atoms with van der Waals surface area (Å²) < 4.78 is 0. The van der Waals surface area contributed by atoms with Crippen molar-refractivity contribution >= 4 is 35.0 Å². The molecule has 2 aromatic carbocycles. The third-order valence-corrected chi connectivity index (χ3v) is 4.02. The van der Waals surface area contributed by atoms with Crippen LogP contribution in [0.5, 0.6) is 0 Å². The first-order valence-electron chi connectivity index (χ1n) is 8.22. The predicted molar refractivity (Wildman–Crippen MR) is 101 cm³/mol. The van der Waals surface area contributed by atoms with Crippen LogP contribution in [0.25, 0.3) is 0 Å². The van der Waals surface area contributed by atoms with Gasteiger partial charge in [0.05, 0.1) is 0 Å². The summed E-state index contributed by atoms with van der Waals surface area (Å²) in [6, 6.07) is 13.7. The average molecular weight is 374 g/mol. The number of aryl methyl sites for hydroxylation is 1. The Balaban J connectivity index is 1.79. The SMILES string of the molecule is CCC(=O)Nc1ccc(C(=O)NNC(=O)CCc2ccccc2Cl)cc1. The Kier molecular flexibility index (Phi) is 7.17. The Morgan fingerprint density at radius 2 is 1.62 bits per heavy atom. The molecule has 3 amide bonds. The van der Waals surface area contributed by atoms with Gasteiger partial charge in [-0.05, 0) is 42.3 Å². The van der Waals surface area contributed by atoms with Crippen molar-refractivity contribution in [2.24, 2.45) is 0 Å². The van der Waals surface area contributed by atoms with E-state index in [4.69, 9.17) is 11.6 Å². The highest BCUT2D eigenvalue weighted by Gasteiger charge is 2.09. The molecule has 0 aliphatic heterocycles. The predicted octanol–water partition coefficient (Wildman–Crippen LogP) is 3.08. The molecule has 0 heterocycles. The van der Waals surface area contributed by atoms with Crippen molar-refractivity contribution in [3.8, 4) is 0 Å². The standard InChI is InChI=1S/C19H20ClN3O3/c1-2-17(24)21-15-10-7-14(8-11-15)19(26)23-22-18(25)12-9-13-5-3-4-6-16(13)20/h3-8,10-11H,2,9,12H2,1H3,(H,21,24)(H,22,25)(H,23,26). The lowest BCUT2D eigenvalue weighted by atomic mass is 10.1. The van der Waals surface area contributed by atoms with Crippen molar-refractivity contribution in [1.82, 2.24) is 10.9 Å². The molecule has 0 aromatic heterocycles. The van der Waals surface area contributed by atoms with Gasteiger partial charge >= 0.3 is 0 Å². The summed E-state index contributed by atoms with van der Waals surface area (Å²) in [5.74, 6) is -0.859. The summed E-state index contributed by atoms with van der Waals surface area (Å²) >= 11 is 6.04. The summed E-state index contributed by atoms with van der Waals surface area (Å²) in [6.07, 6.45) is 1.06. The van der Waals surface area contributed by atoms with Crippen LogP contribution in [0, 0.1) is 0 Å². The first kappa shape index (κ1) is 19.5. The highest BCUT2D eigenvalue weighted by molar-refractivity contribution is 6.31. The fraction of sp³-hybridized carbons (Fsp3) is 0.211. The van der Waals surface area contributed by atoms with Gasteiger partial charge in [0.1, 0.15) is 0 Å². The second-order valence-electron chi connectivity index (χ2n) is 5.57. The smallest absolute Gasteiger partial charge is 0.269 e. The van der Waals surface area contributed by atoms with E-state index in [9.17, 15) is 14.4 Å². The lowest BCUT2D eigenvalue weighted by molar-refractivity contribution is -0.121. The summed E-state index contributed by atoms with van der Waals surface area (Å²) in [5, 5.41) is 3.30. The first-order valence-corrected chi connectivity index (χ1v) is 8.60. The normalized spacial score (nSPS) is 10.1. The van der Waals surface area contributed by atoms with E-state index in [1.165, 1.54) is 0 Å². The molecule has 0 saturated carbocycles. The molecule has 0 bridgehead atoms. The van der Waals surface area contributed by atoms with Crippen LogP contribution in [-0.4, -0.2) is 17.7 Å². The maximum Gasteiger partial charge on any atom is 0.269 e. The molecule has 0 radical (unpaired) electrons. The van der Waals surface area contributed by atoms with Crippen LogP contribution in [0.4, 0.5) is 5.69 Å². The Morgan fingerprint density at radius 1 is 0.923 bits per heavy atom. The fourth-order valence-electron chi connectivity index (χ4n) is 2.16. The van der Waals surface area contributed by atoms with Gasteiger partial charge in [-0.1, -0.05) is 36.7 Å². The third-order valence-electron chi connectivity index (χ3n) is 3.65. The molecule has 0 saturated heterocycles. The van der Waals surface area contributed by atoms with Crippen molar-refractivity contribution in [3.63, 3.8) is 0 Å². The Hall–Kier alpha value is -2.86. The van der Waals surface area contributed by atoms with E-state index in [-0.39, 0.29) is 18.2 Å². The molecule has 2 rings (SSSR count). The molecule has 3 N–H and O–H groups in total.